The number of halogens is 1. The highest BCUT2D eigenvalue weighted by Crippen LogP contribution is 2.32. The van der Waals surface area contributed by atoms with E-state index in [1.165, 1.54) is 12.1 Å². The van der Waals surface area contributed by atoms with Crippen LogP contribution >= 0.6 is 12.4 Å². The Labute approximate surface area is 154 Å². The number of ether oxygens (including phenoxy) is 2. The third-order valence-corrected chi connectivity index (χ3v) is 5.89. The van der Waals surface area contributed by atoms with Crippen LogP contribution in [0.25, 0.3) is 0 Å². The second-order valence-corrected chi connectivity index (χ2v) is 8.18. The molecule has 140 valence electrons. The van der Waals surface area contributed by atoms with Crippen LogP contribution in [0.3, 0.4) is 0 Å². The number of carbonyl (C=O) groups is 1. The van der Waals surface area contributed by atoms with Crippen molar-refractivity contribution < 1.29 is 22.7 Å². The van der Waals surface area contributed by atoms with Gasteiger partial charge in [-0.05, 0) is 19.1 Å². The van der Waals surface area contributed by atoms with Crippen molar-refractivity contribution in [2.24, 2.45) is 0 Å². The Balaban J connectivity index is 0.00000225. The zero-order valence-corrected chi connectivity index (χ0v) is 15.7. The first-order valence-electron chi connectivity index (χ1n) is 8.09. The highest BCUT2D eigenvalue weighted by atomic mass is 35.5. The summed E-state index contributed by atoms with van der Waals surface area (Å²) in [6.45, 7) is 4.83. The number of rotatable bonds is 4. The SMILES string of the molecule is CC1CN(C(=O)CCS(=O)(=O)c2ccc3c(c2)OCCO3)CCN1.Cl. The van der Waals surface area contributed by atoms with Crippen LogP contribution in [0.1, 0.15) is 13.3 Å². The van der Waals surface area contributed by atoms with E-state index in [9.17, 15) is 13.2 Å². The molecule has 1 saturated heterocycles. The molecule has 1 aromatic rings. The van der Waals surface area contributed by atoms with Gasteiger partial charge in [0.2, 0.25) is 5.91 Å². The standard InChI is InChI=1S/C16H22N2O5S.ClH/c1-12-11-18(6-5-17-12)16(19)4-9-24(20,21)13-2-3-14-15(10-13)23-8-7-22-14;/h2-3,10,12,17H,4-9,11H2,1H3;1H. The van der Waals surface area contributed by atoms with Gasteiger partial charge in [0.15, 0.2) is 21.3 Å². The molecule has 1 amide bonds. The summed E-state index contributed by atoms with van der Waals surface area (Å²) in [7, 11) is -3.54. The second kappa shape index (κ2) is 8.25. The van der Waals surface area contributed by atoms with Crippen LogP contribution in [0.15, 0.2) is 23.1 Å². The van der Waals surface area contributed by atoms with Crippen molar-refractivity contribution in [3.05, 3.63) is 18.2 Å². The normalized spacial score (nSPS) is 19.9. The lowest BCUT2D eigenvalue weighted by atomic mass is 10.2. The Morgan fingerprint density at radius 3 is 2.72 bits per heavy atom. The van der Waals surface area contributed by atoms with E-state index in [-0.39, 0.29) is 41.4 Å². The molecule has 0 aliphatic carbocycles. The number of nitrogens with zero attached hydrogens (tertiary/aromatic N) is 1. The first-order valence-corrected chi connectivity index (χ1v) is 9.74. The molecular weight excluding hydrogens is 368 g/mol. The summed E-state index contributed by atoms with van der Waals surface area (Å²) in [5, 5.41) is 3.26. The number of hydrogen-bond donors (Lipinski definition) is 1. The molecule has 0 spiro atoms. The van der Waals surface area contributed by atoms with E-state index in [1.807, 2.05) is 6.92 Å². The first kappa shape index (κ1) is 19.8. The van der Waals surface area contributed by atoms with Gasteiger partial charge in [-0.15, -0.1) is 12.4 Å². The fraction of sp³-hybridized carbons (Fsp3) is 0.562. The predicted octanol–water partition coefficient (Wildman–Crippen LogP) is 0.864. The van der Waals surface area contributed by atoms with Gasteiger partial charge in [-0.25, -0.2) is 8.42 Å². The fourth-order valence-corrected chi connectivity index (χ4v) is 4.11. The van der Waals surface area contributed by atoms with Crippen LogP contribution in [-0.2, 0) is 14.6 Å². The zero-order chi connectivity index (χ0) is 17.2. The lowest BCUT2D eigenvalue weighted by Gasteiger charge is -2.32. The van der Waals surface area contributed by atoms with Gasteiger partial charge in [-0.3, -0.25) is 4.79 Å². The quantitative estimate of drug-likeness (QED) is 0.820. The maximum Gasteiger partial charge on any atom is 0.223 e. The minimum Gasteiger partial charge on any atom is -0.486 e. The smallest absolute Gasteiger partial charge is 0.223 e. The number of fused-ring (bicyclic) bond motifs is 1. The number of benzene rings is 1. The number of nitrogens with one attached hydrogen (secondary N) is 1. The van der Waals surface area contributed by atoms with Crippen LogP contribution in [-0.4, -0.2) is 63.9 Å². The molecule has 2 aliphatic rings. The molecule has 3 rings (SSSR count). The second-order valence-electron chi connectivity index (χ2n) is 6.07. The van der Waals surface area contributed by atoms with Gasteiger partial charge in [-0.2, -0.15) is 0 Å². The molecule has 1 fully saturated rings. The van der Waals surface area contributed by atoms with Crippen LogP contribution in [0, 0.1) is 0 Å². The molecule has 0 bridgehead atoms. The third kappa shape index (κ3) is 4.77. The summed E-state index contributed by atoms with van der Waals surface area (Å²) in [5.41, 5.74) is 0. The maximum absolute atomic E-state index is 12.5. The monoisotopic (exact) mass is 390 g/mol. The zero-order valence-electron chi connectivity index (χ0n) is 14.1. The number of piperazine rings is 1. The number of carbonyl (C=O) groups excluding carboxylic acids is 1. The Kier molecular flexibility index (Phi) is 6.53. The molecule has 9 heteroatoms. The summed E-state index contributed by atoms with van der Waals surface area (Å²) < 4.78 is 35.8. The van der Waals surface area contributed by atoms with Gasteiger partial charge >= 0.3 is 0 Å². The van der Waals surface area contributed by atoms with E-state index in [0.29, 0.717) is 37.8 Å². The summed E-state index contributed by atoms with van der Waals surface area (Å²) >= 11 is 0. The minimum atomic E-state index is -3.54. The number of sulfone groups is 1. The van der Waals surface area contributed by atoms with Crippen LogP contribution in [0.2, 0.25) is 0 Å². The Hall–Kier alpha value is -1.51. The first-order chi connectivity index (χ1) is 11.5. The van der Waals surface area contributed by atoms with Gasteiger partial charge in [-0.1, -0.05) is 0 Å². The van der Waals surface area contributed by atoms with E-state index >= 15 is 0 Å². The van der Waals surface area contributed by atoms with E-state index in [0.717, 1.165) is 6.54 Å². The topological polar surface area (TPSA) is 84.9 Å². The molecule has 0 saturated carbocycles. The van der Waals surface area contributed by atoms with Crippen molar-refractivity contribution in [3.8, 4) is 11.5 Å². The molecule has 1 unspecified atom stereocenters. The Morgan fingerprint density at radius 2 is 2.00 bits per heavy atom. The average molecular weight is 391 g/mol. The predicted molar refractivity (Wildman–Crippen MR) is 95.4 cm³/mol. The minimum absolute atomic E-state index is 0. The number of hydrogen-bond acceptors (Lipinski definition) is 6. The Bertz CT molecular complexity index is 725. The van der Waals surface area contributed by atoms with Gasteiger partial charge in [0.1, 0.15) is 13.2 Å². The lowest BCUT2D eigenvalue weighted by Crippen LogP contribution is -2.51. The van der Waals surface area contributed by atoms with Crippen molar-refractivity contribution in [2.75, 3.05) is 38.6 Å². The van der Waals surface area contributed by atoms with Gasteiger partial charge in [0.25, 0.3) is 0 Å². The highest BCUT2D eigenvalue weighted by Gasteiger charge is 2.24. The summed E-state index contributed by atoms with van der Waals surface area (Å²) in [6.07, 6.45) is -0.0104. The molecule has 2 aliphatic heterocycles. The molecule has 0 aromatic heterocycles. The van der Waals surface area contributed by atoms with Crippen molar-refractivity contribution >= 4 is 28.2 Å². The molecule has 25 heavy (non-hydrogen) atoms. The average Bonchev–Trinajstić information content (AvgIpc) is 2.59. The summed E-state index contributed by atoms with van der Waals surface area (Å²) in [4.78, 5) is 14.1. The van der Waals surface area contributed by atoms with Crippen LogP contribution < -0.4 is 14.8 Å². The number of amides is 1. The van der Waals surface area contributed by atoms with E-state index in [1.54, 1.807) is 11.0 Å². The highest BCUT2D eigenvalue weighted by molar-refractivity contribution is 7.91. The van der Waals surface area contributed by atoms with Crippen molar-refractivity contribution in [3.63, 3.8) is 0 Å². The molecule has 1 N–H and O–H groups in total. The molecular formula is C16H23ClN2O5S. The lowest BCUT2D eigenvalue weighted by molar-refractivity contribution is -0.131. The van der Waals surface area contributed by atoms with Crippen molar-refractivity contribution in [2.45, 2.75) is 24.3 Å². The van der Waals surface area contributed by atoms with E-state index in [4.69, 9.17) is 9.47 Å². The summed E-state index contributed by atoms with van der Waals surface area (Å²) in [5.74, 6) is 0.657. The molecule has 1 aromatic carbocycles. The largest absolute Gasteiger partial charge is 0.486 e. The van der Waals surface area contributed by atoms with Crippen LogP contribution in [0.5, 0.6) is 11.5 Å². The van der Waals surface area contributed by atoms with Crippen LogP contribution in [0.4, 0.5) is 0 Å². The molecule has 0 radical (unpaired) electrons. The van der Waals surface area contributed by atoms with Gasteiger partial charge < -0.3 is 19.7 Å². The van der Waals surface area contributed by atoms with Gasteiger partial charge in [0, 0.05) is 38.2 Å². The summed E-state index contributed by atoms with van der Waals surface area (Å²) in [6, 6.07) is 4.81. The van der Waals surface area contributed by atoms with E-state index < -0.39 is 9.84 Å². The Morgan fingerprint density at radius 1 is 1.28 bits per heavy atom. The molecule has 7 nitrogen and oxygen atoms in total. The van der Waals surface area contributed by atoms with Crippen molar-refractivity contribution in [1.29, 1.82) is 0 Å². The molecule has 1 atom stereocenters. The van der Waals surface area contributed by atoms with Crippen molar-refractivity contribution in [1.82, 2.24) is 10.2 Å². The van der Waals surface area contributed by atoms with Gasteiger partial charge in [0.05, 0.1) is 10.6 Å². The maximum atomic E-state index is 12.5. The molecule has 2 heterocycles. The third-order valence-electron chi connectivity index (χ3n) is 4.18. The van der Waals surface area contributed by atoms with E-state index in [2.05, 4.69) is 5.32 Å². The fourth-order valence-electron chi connectivity index (χ4n) is 2.87.